The van der Waals surface area contributed by atoms with Gasteiger partial charge in [-0.25, -0.2) is 0 Å². The van der Waals surface area contributed by atoms with Crippen molar-refractivity contribution in [2.75, 3.05) is 5.75 Å². The third kappa shape index (κ3) is 5.97. The van der Waals surface area contributed by atoms with Gasteiger partial charge in [0.2, 0.25) is 5.91 Å². The van der Waals surface area contributed by atoms with Gasteiger partial charge in [-0.2, -0.15) is 0 Å². The Labute approximate surface area is 181 Å². The lowest BCUT2D eigenvalue weighted by Gasteiger charge is -2.15. The van der Waals surface area contributed by atoms with E-state index in [4.69, 9.17) is 4.74 Å². The normalized spacial score (nSPS) is 11.7. The van der Waals surface area contributed by atoms with Gasteiger partial charge in [0.1, 0.15) is 5.75 Å². The summed E-state index contributed by atoms with van der Waals surface area (Å²) < 4.78 is 7.91. The Morgan fingerprint density at radius 3 is 2.63 bits per heavy atom. The van der Waals surface area contributed by atoms with Crippen molar-refractivity contribution < 1.29 is 9.53 Å². The molecule has 1 N–H and O–H groups in total. The zero-order chi connectivity index (χ0) is 21.3. The van der Waals surface area contributed by atoms with Crippen LogP contribution in [-0.4, -0.2) is 26.4 Å². The monoisotopic (exact) mass is 422 g/mol. The van der Waals surface area contributed by atoms with Crippen molar-refractivity contribution in [2.45, 2.75) is 38.2 Å². The van der Waals surface area contributed by atoms with Gasteiger partial charge in [-0.15, -0.1) is 16.8 Å². The van der Waals surface area contributed by atoms with Gasteiger partial charge >= 0.3 is 0 Å². The van der Waals surface area contributed by atoms with E-state index in [1.54, 1.807) is 6.08 Å². The van der Waals surface area contributed by atoms with Crippen LogP contribution < -0.4 is 10.1 Å². The quantitative estimate of drug-likeness (QED) is 0.389. The summed E-state index contributed by atoms with van der Waals surface area (Å²) in [7, 11) is 0. The Bertz CT molecular complexity index is 971. The van der Waals surface area contributed by atoms with Crippen LogP contribution in [0.2, 0.25) is 0 Å². The molecule has 156 valence electrons. The summed E-state index contributed by atoms with van der Waals surface area (Å²) in [5, 5.41) is 12.2. The summed E-state index contributed by atoms with van der Waals surface area (Å²) in [5.74, 6) is 1.67. The maximum atomic E-state index is 12.3. The second-order valence-electron chi connectivity index (χ2n) is 6.86. The average Bonchev–Trinajstić information content (AvgIpc) is 3.15. The lowest BCUT2D eigenvalue weighted by atomic mass is 10.1. The highest BCUT2D eigenvalue weighted by Gasteiger charge is 2.19. The first kappa shape index (κ1) is 21.6. The summed E-state index contributed by atoms with van der Waals surface area (Å²) in [6.45, 7) is 8.84. The van der Waals surface area contributed by atoms with Gasteiger partial charge in [0.25, 0.3) is 0 Å². The number of carbonyl (C=O) groups is 1. The first-order valence-corrected chi connectivity index (χ1v) is 10.8. The number of aryl methyl sites for hydroxylation is 1. The van der Waals surface area contributed by atoms with Crippen LogP contribution in [0.1, 0.15) is 30.0 Å². The maximum Gasteiger partial charge on any atom is 0.230 e. The number of allylic oxidation sites excluding steroid dienone is 1. The largest absolute Gasteiger partial charge is 0.483 e. The number of ether oxygens (including phenoxy) is 1. The van der Waals surface area contributed by atoms with Crippen LogP contribution in [0.5, 0.6) is 5.75 Å². The molecule has 0 fully saturated rings. The van der Waals surface area contributed by atoms with Crippen LogP contribution in [0.3, 0.4) is 0 Å². The standard InChI is InChI=1S/C23H26N4O2S/c1-4-14-27-22(18(3)29-20-8-6-5-7-9-20)25-26-23(27)30-16-21(28)24-15-19-12-10-17(2)11-13-19/h4-13,18H,1,14-16H2,2-3H3,(H,24,28)/t18-/m0/s1. The Morgan fingerprint density at radius 2 is 1.93 bits per heavy atom. The Balaban J connectivity index is 1.59. The van der Waals surface area contributed by atoms with E-state index in [1.165, 1.54) is 17.3 Å². The smallest absolute Gasteiger partial charge is 0.230 e. The highest BCUT2D eigenvalue weighted by atomic mass is 32.2. The molecule has 0 radical (unpaired) electrons. The van der Waals surface area contributed by atoms with Gasteiger partial charge in [0.05, 0.1) is 5.75 Å². The first-order valence-electron chi connectivity index (χ1n) is 9.77. The number of rotatable bonds is 10. The maximum absolute atomic E-state index is 12.3. The third-order valence-corrected chi connectivity index (χ3v) is 5.39. The second kappa shape index (κ2) is 10.6. The van der Waals surface area contributed by atoms with Gasteiger partial charge in [0.15, 0.2) is 17.1 Å². The molecule has 0 aliphatic carbocycles. The summed E-state index contributed by atoms with van der Waals surface area (Å²) in [5.41, 5.74) is 2.27. The Morgan fingerprint density at radius 1 is 1.20 bits per heavy atom. The fourth-order valence-electron chi connectivity index (χ4n) is 2.85. The lowest BCUT2D eigenvalue weighted by Crippen LogP contribution is -2.24. The van der Waals surface area contributed by atoms with Gasteiger partial charge < -0.3 is 10.1 Å². The summed E-state index contributed by atoms with van der Waals surface area (Å²) in [4.78, 5) is 12.3. The number of aromatic nitrogens is 3. The fraction of sp³-hybridized carbons (Fsp3) is 0.261. The predicted octanol–water partition coefficient (Wildman–Crippen LogP) is 4.32. The molecule has 1 heterocycles. The number of nitrogens with one attached hydrogen (secondary N) is 1. The van der Waals surface area contributed by atoms with Crippen LogP contribution in [-0.2, 0) is 17.9 Å². The van der Waals surface area contributed by atoms with E-state index >= 15 is 0 Å². The van der Waals surface area contributed by atoms with E-state index in [0.717, 1.165) is 11.3 Å². The van der Waals surface area contributed by atoms with Gasteiger partial charge in [-0.1, -0.05) is 65.9 Å². The number of nitrogens with zero attached hydrogens (tertiary/aromatic N) is 3. The average molecular weight is 423 g/mol. The molecule has 0 saturated carbocycles. The third-order valence-electron chi connectivity index (χ3n) is 4.42. The molecule has 0 aliphatic heterocycles. The SMILES string of the molecule is C=CCn1c(SCC(=O)NCc2ccc(C)cc2)nnc1[C@H](C)Oc1ccccc1. The molecule has 3 aromatic rings. The number of amides is 1. The van der Waals surface area contributed by atoms with Crippen molar-refractivity contribution in [1.82, 2.24) is 20.1 Å². The highest BCUT2D eigenvalue weighted by Crippen LogP contribution is 2.24. The molecule has 3 rings (SSSR count). The van der Waals surface area contributed by atoms with Gasteiger partial charge in [-0.05, 0) is 31.5 Å². The van der Waals surface area contributed by atoms with E-state index in [0.29, 0.717) is 24.1 Å². The minimum absolute atomic E-state index is 0.0520. The number of hydrogen-bond acceptors (Lipinski definition) is 5. The van der Waals surface area contributed by atoms with Gasteiger partial charge in [0, 0.05) is 13.1 Å². The van der Waals surface area contributed by atoms with E-state index in [-0.39, 0.29) is 17.8 Å². The molecule has 0 saturated heterocycles. The highest BCUT2D eigenvalue weighted by molar-refractivity contribution is 7.99. The van der Waals surface area contributed by atoms with Crippen LogP contribution >= 0.6 is 11.8 Å². The van der Waals surface area contributed by atoms with Crippen molar-refractivity contribution in [3.8, 4) is 5.75 Å². The topological polar surface area (TPSA) is 69.0 Å². The molecule has 6 nitrogen and oxygen atoms in total. The van der Waals surface area contributed by atoms with E-state index in [1.807, 2.05) is 73.0 Å². The summed E-state index contributed by atoms with van der Waals surface area (Å²) >= 11 is 1.35. The van der Waals surface area contributed by atoms with E-state index < -0.39 is 0 Å². The fourth-order valence-corrected chi connectivity index (χ4v) is 3.64. The molecule has 30 heavy (non-hydrogen) atoms. The molecule has 0 unspecified atom stereocenters. The molecule has 1 amide bonds. The molecule has 1 atom stereocenters. The number of benzene rings is 2. The molecule has 0 spiro atoms. The number of para-hydroxylation sites is 1. The molecule has 1 aromatic heterocycles. The molecule has 0 bridgehead atoms. The summed E-state index contributed by atoms with van der Waals surface area (Å²) in [6, 6.07) is 17.7. The number of carbonyl (C=O) groups excluding carboxylic acids is 1. The van der Waals surface area contributed by atoms with Crippen LogP contribution in [0.25, 0.3) is 0 Å². The van der Waals surface area contributed by atoms with Crippen molar-refractivity contribution >= 4 is 17.7 Å². The van der Waals surface area contributed by atoms with Crippen molar-refractivity contribution in [3.05, 3.63) is 84.2 Å². The van der Waals surface area contributed by atoms with E-state index in [2.05, 4.69) is 22.1 Å². The van der Waals surface area contributed by atoms with Crippen molar-refractivity contribution in [2.24, 2.45) is 0 Å². The van der Waals surface area contributed by atoms with Crippen LogP contribution in [0.15, 0.2) is 72.4 Å². The zero-order valence-corrected chi connectivity index (χ0v) is 18.1. The number of hydrogen-bond donors (Lipinski definition) is 1. The molecular formula is C23H26N4O2S. The van der Waals surface area contributed by atoms with Crippen molar-refractivity contribution in [1.29, 1.82) is 0 Å². The molecule has 7 heteroatoms. The predicted molar refractivity (Wildman–Crippen MR) is 119 cm³/mol. The molecule has 0 aliphatic rings. The zero-order valence-electron chi connectivity index (χ0n) is 17.2. The summed E-state index contributed by atoms with van der Waals surface area (Å²) in [6.07, 6.45) is 1.49. The number of thioether (sulfide) groups is 1. The Hall–Kier alpha value is -3.06. The van der Waals surface area contributed by atoms with Crippen molar-refractivity contribution in [3.63, 3.8) is 0 Å². The lowest BCUT2D eigenvalue weighted by molar-refractivity contribution is -0.118. The van der Waals surface area contributed by atoms with Crippen LogP contribution in [0, 0.1) is 6.92 Å². The van der Waals surface area contributed by atoms with Crippen LogP contribution in [0.4, 0.5) is 0 Å². The molecule has 2 aromatic carbocycles. The van der Waals surface area contributed by atoms with E-state index in [9.17, 15) is 4.79 Å². The minimum atomic E-state index is -0.287. The first-order chi connectivity index (χ1) is 14.6. The second-order valence-corrected chi connectivity index (χ2v) is 7.81. The minimum Gasteiger partial charge on any atom is -0.483 e. The van der Waals surface area contributed by atoms with Gasteiger partial charge in [-0.3, -0.25) is 9.36 Å². The Kier molecular flexibility index (Phi) is 7.68. The molecular weight excluding hydrogens is 396 g/mol.